The number of halogens is 1. The van der Waals surface area contributed by atoms with Crippen LogP contribution in [0.3, 0.4) is 0 Å². The summed E-state index contributed by atoms with van der Waals surface area (Å²) in [5, 5.41) is 48.9. The van der Waals surface area contributed by atoms with Crippen molar-refractivity contribution >= 4 is 36.0 Å². The smallest absolute Gasteiger partial charge is 0.367 e. The molecule has 0 unspecified atom stereocenters. The molecule has 3 aromatic rings. The van der Waals surface area contributed by atoms with Gasteiger partial charge in [-0.3, -0.25) is 4.57 Å². The first kappa shape index (κ1) is 26.3. The Morgan fingerprint density at radius 3 is 2.68 bits per heavy atom. The molecule has 2 aliphatic rings. The molecule has 0 radical (unpaired) electrons. The molecule has 5 rings (SSSR count). The largest absolute Gasteiger partial charge is 0.392 e. The lowest BCUT2D eigenvalue weighted by Crippen LogP contribution is -2.40. The highest BCUT2D eigenvalue weighted by Crippen LogP contribution is 2.56. The van der Waals surface area contributed by atoms with Gasteiger partial charge in [-0.1, -0.05) is 18.1 Å². The van der Waals surface area contributed by atoms with Gasteiger partial charge in [0.25, 0.3) is 5.34 Å². The molecule has 202 valence electrons. The van der Waals surface area contributed by atoms with Crippen LogP contribution in [0.1, 0.15) is 37.7 Å². The molecule has 1 saturated carbocycles. The molecule has 3 aromatic heterocycles. The van der Waals surface area contributed by atoms with E-state index >= 15 is 0 Å². The number of hydrogen-bond acceptors (Lipinski definition) is 13. The highest BCUT2D eigenvalue weighted by Gasteiger charge is 2.55. The van der Waals surface area contributed by atoms with Crippen LogP contribution in [0, 0.1) is 0 Å². The number of H-pyrrole nitrogens is 1. The van der Waals surface area contributed by atoms with Gasteiger partial charge in [0.1, 0.15) is 24.1 Å². The zero-order valence-corrected chi connectivity index (χ0v) is 20.8. The van der Waals surface area contributed by atoms with E-state index in [-0.39, 0.29) is 17.0 Å². The van der Waals surface area contributed by atoms with Crippen LogP contribution in [0.15, 0.2) is 6.20 Å². The number of tetrazole rings is 1. The van der Waals surface area contributed by atoms with Crippen LogP contribution < -0.4 is 5.32 Å². The van der Waals surface area contributed by atoms with Gasteiger partial charge in [-0.25, -0.2) is 4.68 Å². The predicted octanol–water partition coefficient (Wildman–Crippen LogP) is -0.994. The van der Waals surface area contributed by atoms with Crippen molar-refractivity contribution in [2.75, 3.05) is 18.5 Å². The lowest BCUT2D eigenvalue weighted by Gasteiger charge is -2.30. The normalized spacial score (nSPS) is 26.6. The summed E-state index contributed by atoms with van der Waals surface area (Å²) < 4.78 is 24.6. The number of aliphatic hydroxyl groups is 3. The highest BCUT2D eigenvalue weighted by atomic mass is 35.5. The van der Waals surface area contributed by atoms with Crippen molar-refractivity contribution in [3.8, 4) is 0 Å². The molecule has 4 heterocycles. The molecule has 19 heteroatoms. The highest BCUT2D eigenvalue weighted by molar-refractivity contribution is 7.52. The molecule has 0 spiro atoms. The Hall–Kier alpha value is -2.34. The Kier molecular flexibility index (Phi) is 7.16. The molecule has 0 bridgehead atoms. The van der Waals surface area contributed by atoms with E-state index in [1.165, 1.54) is 10.9 Å². The number of aromatic amines is 1. The van der Waals surface area contributed by atoms with E-state index in [9.17, 15) is 29.7 Å². The van der Waals surface area contributed by atoms with Crippen LogP contribution in [-0.4, -0.2) is 103 Å². The van der Waals surface area contributed by atoms with Gasteiger partial charge in [0.05, 0.1) is 24.8 Å². The number of aliphatic hydroxyl groups excluding tert-OH is 3. The lowest BCUT2D eigenvalue weighted by atomic mass is 10.1. The summed E-state index contributed by atoms with van der Waals surface area (Å²) in [6.07, 6.45) is 0.0372. The molecule has 37 heavy (non-hydrogen) atoms. The average molecular weight is 562 g/mol. The minimum atomic E-state index is -5.22. The summed E-state index contributed by atoms with van der Waals surface area (Å²) in [6.45, 7) is -1.88. The second-order valence-electron chi connectivity index (χ2n) is 8.87. The predicted molar refractivity (Wildman–Crippen MR) is 123 cm³/mol. The number of hydrogen-bond donors (Lipinski definition) is 7. The van der Waals surface area contributed by atoms with Crippen LogP contribution in [0.25, 0.3) is 11.0 Å². The first-order chi connectivity index (χ1) is 17.6. The summed E-state index contributed by atoms with van der Waals surface area (Å²) in [7, 11) is -5.22. The summed E-state index contributed by atoms with van der Waals surface area (Å²) in [4.78, 5) is 28.2. The van der Waals surface area contributed by atoms with E-state index in [1.807, 2.05) is 0 Å². The summed E-state index contributed by atoms with van der Waals surface area (Å²) in [5.41, 5.74) is 0.241. The van der Waals surface area contributed by atoms with E-state index in [4.69, 9.17) is 21.1 Å². The summed E-state index contributed by atoms with van der Waals surface area (Å²) in [6, 6.07) is 0.231. The van der Waals surface area contributed by atoms with Gasteiger partial charge in [-0.05, 0) is 24.4 Å². The Balaban J connectivity index is 1.39. The van der Waals surface area contributed by atoms with Gasteiger partial charge < -0.3 is 39.9 Å². The van der Waals surface area contributed by atoms with Crippen molar-refractivity contribution in [2.24, 2.45) is 0 Å². The fraction of sp³-hybridized carbons (Fsp3) is 0.667. The van der Waals surface area contributed by atoms with Gasteiger partial charge in [0.15, 0.2) is 11.9 Å². The van der Waals surface area contributed by atoms with Gasteiger partial charge >= 0.3 is 7.60 Å². The molecule has 1 aliphatic carbocycles. The first-order valence-corrected chi connectivity index (χ1v) is 13.4. The molecule has 7 N–H and O–H groups in total. The van der Waals surface area contributed by atoms with Crippen molar-refractivity contribution < 1.29 is 39.1 Å². The molecular formula is C18H25ClN9O8P. The van der Waals surface area contributed by atoms with Crippen LogP contribution in [-0.2, 0) is 19.4 Å². The number of rotatable bonds is 9. The number of nitrogens with one attached hydrogen (secondary N) is 2. The first-order valence-electron chi connectivity index (χ1n) is 11.4. The maximum atomic E-state index is 12.2. The fourth-order valence-electron chi connectivity index (χ4n) is 4.56. The zero-order chi connectivity index (χ0) is 26.4. The monoisotopic (exact) mass is 561 g/mol. The minimum Gasteiger partial charge on any atom is -0.392 e. The van der Waals surface area contributed by atoms with E-state index in [1.54, 1.807) is 0 Å². The Bertz CT molecular complexity index is 1290. The van der Waals surface area contributed by atoms with E-state index in [2.05, 4.69) is 41.0 Å². The van der Waals surface area contributed by atoms with Crippen LogP contribution in [0.4, 0.5) is 5.82 Å². The third-order valence-electron chi connectivity index (χ3n) is 6.57. The van der Waals surface area contributed by atoms with E-state index in [0.717, 1.165) is 25.7 Å². The molecule has 1 saturated heterocycles. The third kappa shape index (κ3) is 4.71. The number of aromatic nitrogens is 8. The minimum absolute atomic E-state index is 0.0582. The van der Waals surface area contributed by atoms with Gasteiger partial charge in [-0.2, -0.15) is 20.3 Å². The average Bonchev–Trinajstić information content (AvgIpc) is 3.64. The van der Waals surface area contributed by atoms with Gasteiger partial charge in [0.2, 0.25) is 11.1 Å². The number of nitrogens with zero attached hydrogens (tertiary/aromatic N) is 7. The molecule has 5 atom stereocenters. The summed E-state index contributed by atoms with van der Waals surface area (Å²) >= 11 is 6.15. The maximum Gasteiger partial charge on any atom is 0.367 e. The zero-order valence-electron chi connectivity index (χ0n) is 19.1. The number of fused-ring (bicyclic) bond motifs is 1. The van der Waals surface area contributed by atoms with Gasteiger partial charge in [0, 0.05) is 6.04 Å². The molecule has 0 aromatic carbocycles. The Labute approximate surface area is 213 Å². The van der Waals surface area contributed by atoms with Gasteiger partial charge in [-0.15, -0.1) is 10.2 Å². The lowest BCUT2D eigenvalue weighted by molar-refractivity contribution is -0.114. The number of anilines is 1. The molecule has 17 nitrogen and oxygen atoms in total. The third-order valence-corrected chi connectivity index (χ3v) is 8.15. The van der Waals surface area contributed by atoms with Crippen LogP contribution in [0.2, 0.25) is 5.28 Å². The van der Waals surface area contributed by atoms with Crippen molar-refractivity contribution in [1.82, 2.24) is 40.4 Å². The number of ether oxygens (including phenoxy) is 2. The Morgan fingerprint density at radius 2 is 2.03 bits per heavy atom. The molecular weight excluding hydrogens is 537 g/mol. The summed E-state index contributed by atoms with van der Waals surface area (Å²) in [5.74, 6) is -0.116. The van der Waals surface area contributed by atoms with Crippen molar-refractivity contribution in [1.29, 1.82) is 0 Å². The second-order valence-corrected chi connectivity index (χ2v) is 11.0. The maximum absolute atomic E-state index is 12.2. The van der Waals surface area contributed by atoms with Crippen molar-refractivity contribution in [3.63, 3.8) is 0 Å². The van der Waals surface area contributed by atoms with E-state index < -0.39 is 56.5 Å². The Morgan fingerprint density at radius 1 is 1.27 bits per heavy atom. The molecule has 2 fully saturated rings. The van der Waals surface area contributed by atoms with Crippen LogP contribution >= 0.6 is 19.2 Å². The SMILES string of the molecule is O=P(O)(O)[C@](CO)(OC[C@@H]1O[C@H](n2ncc3c(NC4CCCC4)nc(Cl)nc32)[C@@H](O)[C@H]1O)c1nn[nH]n1. The van der Waals surface area contributed by atoms with Crippen molar-refractivity contribution in [2.45, 2.75) is 61.6 Å². The topological polar surface area (TPSA) is 247 Å². The quantitative estimate of drug-likeness (QED) is 0.122. The van der Waals surface area contributed by atoms with Crippen molar-refractivity contribution in [3.05, 3.63) is 17.3 Å². The van der Waals surface area contributed by atoms with E-state index in [0.29, 0.717) is 11.2 Å². The fourth-order valence-corrected chi connectivity index (χ4v) is 5.51. The molecule has 1 aliphatic heterocycles. The standard InChI is InChI=1S/C18H25ClN9O8P/c19-17-22-13(21-8-3-1-2-4-8)9-5-20-28(14(9)23-17)15-12(31)11(30)10(36-15)6-35-18(7-29,37(32,33)34)16-24-26-27-25-16/h5,8,10-12,15,29-31H,1-4,6-7H2,(H,21,22,23)(H2,32,33,34)(H,24,25,26,27)/t10-,11-,12-,15-,18-/m0/s1. The van der Waals surface area contributed by atoms with Crippen LogP contribution in [0.5, 0.6) is 0 Å². The second kappa shape index (κ2) is 10.1. The molecule has 0 amide bonds.